The number of fused-ring (bicyclic) bond motifs is 3. The van der Waals surface area contributed by atoms with Crippen LogP contribution in [0.25, 0.3) is 0 Å². The SMILES string of the molecule is C[C@H](O)[C@@]1(O)[C@@H]2O[C@@H]2[C@@]2(C#N)O[C@H]21. The van der Waals surface area contributed by atoms with Crippen molar-refractivity contribution in [2.24, 2.45) is 0 Å². The molecule has 0 aromatic rings. The van der Waals surface area contributed by atoms with Crippen LogP contribution in [0.3, 0.4) is 0 Å². The van der Waals surface area contributed by atoms with Gasteiger partial charge in [0.15, 0.2) is 0 Å². The van der Waals surface area contributed by atoms with Gasteiger partial charge >= 0.3 is 0 Å². The fourth-order valence-corrected chi connectivity index (χ4v) is 2.36. The number of nitrogens with zero attached hydrogens (tertiary/aromatic N) is 1. The van der Waals surface area contributed by atoms with E-state index in [-0.39, 0.29) is 6.10 Å². The van der Waals surface area contributed by atoms with E-state index in [1.165, 1.54) is 6.92 Å². The standard InChI is InChI=1S/C8H9NO4/c1-3(10)8(11)5-4(12-5)7(2-9)6(8)13-7/h3-6,10-11H,1H3/t3-,4-,5+,6+,7+,8+/m0/s1. The summed E-state index contributed by atoms with van der Waals surface area (Å²) >= 11 is 0. The first-order chi connectivity index (χ1) is 6.07. The molecule has 0 unspecified atom stereocenters. The van der Waals surface area contributed by atoms with Gasteiger partial charge in [0.2, 0.25) is 5.60 Å². The molecule has 2 heterocycles. The van der Waals surface area contributed by atoms with E-state index in [2.05, 4.69) is 0 Å². The summed E-state index contributed by atoms with van der Waals surface area (Å²) in [6, 6.07) is 2.00. The summed E-state index contributed by atoms with van der Waals surface area (Å²) in [5, 5.41) is 28.3. The number of aliphatic hydroxyl groups excluding tert-OH is 1. The Bertz CT molecular complexity index is 325. The van der Waals surface area contributed by atoms with Crippen LogP contribution in [-0.2, 0) is 9.47 Å². The molecule has 0 spiro atoms. The van der Waals surface area contributed by atoms with E-state index in [0.717, 1.165) is 0 Å². The Kier molecular flexibility index (Phi) is 1.03. The molecule has 3 rings (SSSR count). The van der Waals surface area contributed by atoms with Crippen molar-refractivity contribution in [2.45, 2.75) is 42.5 Å². The van der Waals surface area contributed by atoms with E-state index in [0.29, 0.717) is 0 Å². The van der Waals surface area contributed by atoms with Crippen molar-refractivity contribution in [1.29, 1.82) is 5.26 Å². The first kappa shape index (κ1) is 7.71. The average molecular weight is 183 g/mol. The predicted molar refractivity (Wildman–Crippen MR) is 38.5 cm³/mol. The zero-order valence-corrected chi connectivity index (χ0v) is 6.97. The largest absolute Gasteiger partial charge is 0.390 e. The molecule has 1 saturated carbocycles. The van der Waals surface area contributed by atoms with Gasteiger partial charge in [-0.3, -0.25) is 0 Å². The Hall–Kier alpha value is -0.670. The highest BCUT2D eigenvalue weighted by Gasteiger charge is 2.89. The van der Waals surface area contributed by atoms with Gasteiger partial charge < -0.3 is 19.7 Å². The van der Waals surface area contributed by atoms with Gasteiger partial charge in [0, 0.05) is 0 Å². The molecule has 70 valence electrons. The molecule has 2 aliphatic heterocycles. The quantitative estimate of drug-likeness (QED) is 0.485. The van der Waals surface area contributed by atoms with Gasteiger partial charge in [0.05, 0.1) is 6.10 Å². The van der Waals surface area contributed by atoms with Gasteiger partial charge in [-0.1, -0.05) is 0 Å². The summed E-state index contributed by atoms with van der Waals surface area (Å²) in [6.45, 7) is 1.48. The minimum Gasteiger partial charge on any atom is -0.390 e. The molecule has 1 aliphatic carbocycles. The lowest BCUT2D eigenvalue weighted by molar-refractivity contribution is -0.0980. The van der Waals surface area contributed by atoms with Gasteiger partial charge in [-0.25, -0.2) is 0 Å². The second-order valence-electron chi connectivity index (χ2n) is 3.94. The number of nitriles is 1. The normalized spacial score (nSPS) is 63.4. The Labute approximate surface area is 74.5 Å². The molecule has 5 nitrogen and oxygen atoms in total. The van der Waals surface area contributed by atoms with Crippen LogP contribution in [0.1, 0.15) is 6.92 Å². The van der Waals surface area contributed by atoms with Crippen molar-refractivity contribution in [2.75, 3.05) is 0 Å². The maximum Gasteiger partial charge on any atom is 0.212 e. The highest BCUT2D eigenvalue weighted by atomic mass is 16.7. The van der Waals surface area contributed by atoms with Gasteiger partial charge in [-0.05, 0) is 6.92 Å². The van der Waals surface area contributed by atoms with Crippen LogP contribution in [0.2, 0.25) is 0 Å². The maximum atomic E-state index is 10.0. The number of aliphatic hydroxyl groups is 2. The van der Waals surface area contributed by atoms with E-state index in [1.54, 1.807) is 0 Å². The number of rotatable bonds is 1. The van der Waals surface area contributed by atoms with E-state index in [4.69, 9.17) is 14.7 Å². The first-order valence-electron chi connectivity index (χ1n) is 4.22. The fourth-order valence-electron chi connectivity index (χ4n) is 2.36. The molecule has 0 aromatic heterocycles. The van der Waals surface area contributed by atoms with Crippen molar-refractivity contribution >= 4 is 0 Å². The second-order valence-corrected chi connectivity index (χ2v) is 3.94. The molecule has 5 heteroatoms. The molecule has 3 aliphatic rings. The molecule has 13 heavy (non-hydrogen) atoms. The second kappa shape index (κ2) is 1.74. The van der Waals surface area contributed by atoms with Crippen molar-refractivity contribution in [3.8, 4) is 6.07 Å². The Balaban J connectivity index is 2.01. The van der Waals surface area contributed by atoms with Crippen LogP contribution in [0.4, 0.5) is 0 Å². The molecule has 0 amide bonds. The number of hydrogen-bond donors (Lipinski definition) is 2. The molecule has 0 bridgehead atoms. The highest BCUT2D eigenvalue weighted by molar-refractivity contribution is 5.42. The molecule has 3 fully saturated rings. The van der Waals surface area contributed by atoms with Gasteiger partial charge in [-0.15, -0.1) is 0 Å². The summed E-state index contributed by atoms with van der Waals surface area (Å²) in [5.41, 5.74) is -2.36. The van der Waals surface area contributed by atoms with E-state index < -0.39 is 29.5 Å². The van der Waals surface area contributed by atoms with Crippen molar-refractivity contribution in [1.82, 2.24) is 0 Å². The molecule has 0 aromatic carbocycles. The van der Waals surface area contributed by atoms with E-state index in [1.807, 2.05) is 6.07 Å². The molecule has 0 radical (unpaired) electrons. The molecular weight excluding hydrogens is 174 g/mol. The third-order valence-electron chi connectivity index (χ3n) is 3.28. The lowest BCUT2D eigenvalue weighted by Crippen LogP contribution is -2.49. The first-order valence-corrected chi connectivity index (χ1v) is 4.22. The van der Waals surface area contributed by atoms with Crippen LogP contribution < -0.4 is 0 Å². The van der Waals surface area contributed by atoms with Gasteiger partial charge in [0.25, 0.3) is 0 Å². The Morgan fingerprint density at radius 2 is 2.23 bits per heavy atom. The van der Waals surface area contributed by atoms with Crippen LogP contribution >= 0.6 is 0 Å². The minimum absolute atomic E-state index is 0.345. The number of hydrogen-bond acceptors (Lipinski definition) is 5. The van der Waals surface area contributed by atoms with E-state index in [9.17, 15) is 10.2 Å². The zero-order chi connectivity index (χ0) is 9.43. The van der Waals surface area contributed by atoms with Gasteiger partial charge in [-0.2, -0.15) is 5.26 Å². The topological polar surface area (TPSA) is 89.3 Å². The minimum atomic E-state index is -1.39. The van der Waals surface area contributed by atoms with Crippen LogP contribution in [0, 0.1) is 11.3 Å². The smallest absolute Gasteiger partial charge is 0.212 e. The summed E-state index contributed by atoms with van der Waals surface area (Å²) < 4.78 is 10.2. The monoisotopic (exact) mass is 183 g/mol. The molecular formula is C8H9NO4. The summed E-state index contributed by atoms with van der Waals surface area (Å²) in [4.78, 5) is 0. The lowest BCUT2D eigenvalue weighted by atomic mass is 9.93. The summed E-state index contributed by atoms with van der Waals surface area (Å²) in [7, 11) is 0. The van der Waals surface area contributed by atoms with Gasteiger partial charge in [0.1, 0.15) is 30.0 Å². The van der Waals surface area contributed by atoms with Crippen molar-refractivity contribution in [3.63, 3.8) is 0 Å². The third kappa shape index (κ3) is 0.577. The predicted octanol–water partition coefficient (Wildman–Crippen LogP) is -1.46. The molecule has 6 atom stereocenters. The molecule has 2 saturated heterocycles. The van der Waals surface area contributed by atoms with Crippen LogP contribution in [0.15, 0.2) is 0 Å². The maximum absolute atomic E-state index is 10.0. The third-order valence-corrected chi connectivity index (χ3v) is 3.28. The average Bonchev–Trinajstić information content (AvgIpc) is 2.95. The van der Waals surface area contributed by atoms with E-state index >= 15 is 0 Å². The fraction of sp³-hybridized carbons (Fsp3) is 0.875. The summed E-state index contributed by atoms with van der Waals surface area (Å²) in [6.07, 6.45) is -2.29. The van der Waals surface area contributed by atoms with Crippen LogP contribution in [0.5, 0.6) is 0 Å². The van der Waals surface area contributed by atoms with Crippen molar-refractivity contribution < 1.29 is 19.7 Å². The summed E-state index contributed by atoms with van der Waals surface area (Å²) in [5.74, 6) is 0. The Morgan fingerprint density at radius 1 is 1.54 bits per heavy atom. The van der Waals surface area contributed by atoms with Crippen LogP contribution in [-0.4, -0.2) is 45.8 Å². The molecule has 2 N–H and O–H groups in total. The zero-order valence-electron chi connectivity index (χ0n) is 6.97. The highest BCUT2D eigenvalue weighted by Crippen LogP contribution is 2.65. The lowest BCUT2D eigenvalue weighted by Gasteiger charge is -2.25. The number of ether oxygens (including phenoxy) is 2. The van der Waals surface area contributed by atoms with Crippen molar-refractivity contribution in [3.05, 3.63) is 0 Å². The number of epoxide rings is 2. The Morgan fingerprint density at radius 3 is 2.62 bits per heavy atom.